The second-order valence-corrected chi connectivity index (χ2v) is 8.58. The summed E-state index contributed by atoms with van der Waals surface area (Å²) in [6, 6.07) is 26.3. The minimum atomic E-state index is -0.743. The van der Waals surface area contributed by atoms with Gasteiger partial charge in [0, 0.05) is 13.1 Å². The van der Waals surface area contributed by atoms with Gasteiger partial charge in [-0.3, -0.25) is 9.59 Å². The van der Waals surface area contributed by atoms with Gasteiger partial charge in [0.05, 0.1) is 11.8 Å². The zero-order chi connectivity index (χ0) is 21.8. The molecule has 0 radical (unpaired) electrons. The fourth-order valence-electron chi connectivity index (χ4n) is 4.56. The van der Waals surface area contributed by atoms with Crippen LogP contribution in [0.3, 0.4) is 0 Å². The fraction of sp³-hybridized carbons (Fsp3) is 0.259. The minimum Gasteiger partial charge on any atom is -0.369 e. The zero-order valence-corrected chi connectivity index (χ0v) is 17.9. The number of carbonyl (C=O) groups excluding carboxylic acids is 2. The maximum atomic E-state index is 13.0. The molecule has 0 spiro atoms. The fourth-order valence-corrected chi connectivity index (χ4v) is 4.56. The second kappa shape index (κ2) is 8.76. The van der Waals surface area contributed by atoms with Gasteiger partial charge in [-0.25, -0.2) is 0 Å². The third-order valence-electron chi connectivity index (χ3n) is 6.30. The van der Waals surface area contributed by atoms with Crippen LogP contribution in [-0.2, 0) is 22.4 Å². The van der Waals surface area contributed by atoms with E-state index >= 15 is 0 Å². The number of nitrogens with zero attached hydrogens (tertiary/aromatic N) is 1. The normalized spacial score (nSPS) is 18.2. The quantitative estimate of drug-likeness (QED) is 0.661. The van der Waals surface area contributed by atoms with E-state index in [1.54, 1.807) is 4.90 Å². The SMILES string of the molecule is Cc1cccc(CC(=O)N2CCC(Cc3ccccc3-c3ccccc3)(C(N)=O)C2)c1. The summed E-state index contributed by atoms with van der Waals surface area (Å²) in [6.07, 6.45) is 1.46. The highest BCUT2D eigenvalue weighted by molar-refractivity contribution is 5.85. The number of hydrogen-bond donors (Lipinski definition) is 1. The summed E-state index contributed by atoms with van der Waals surface area (Å²) < 4.78 is 0. The van der Waals surface area contributed by atoms with Crippen LogP contribution >= 0.6 is 0 Å². The molecule has 4 heteroatoms. The molecule has 1 aliphatic heterocycles. The summed E-state index contributed by atoms with van der Waals surface area (Å²) >= 11 is 0. The molecule has 31 heavy (non-hydrogen) atoms. The predicted octanol–water partition coefficient (Wildman–Crippen LogP) is 4.15. The monoisotopic (exact) mass is 412 g/mol. The number of aryl methyl sites for hydroxylation is 1. The molecule has 1 unspecified atom stereocenters. The van der Waals surface area contributed by atoms with E-state index < -0.39 is 5.41 Å². The highest BCUT2D eigenvalue weighted by Crippen LogP contribution is 2.37. The van der Waals surface area contributed by atoms with Crippen molar-refractivity contribution in [3.8, 4) is 11.1 Å². The van der Waals surface area contributed by atoms with Crippen LogP contribution in [0.25, 0.3) is 11.1 Å². The molecule has 3 aromatic carbocycles. The largest absolute Gasteiger partial charge is 0.369 e. The number of amides is 2. The van der Waals surface area contributed by atoms with Gasteiger partial charge >= 0.3 is 0 Å². The van der Waals surface area contributed by atoms with Gasteiger partial charge in [-0.1, -0.05) is 84.4 Å². The Labute approximate surface area is 183 Å². The average molecular weight is 413 g/mol. The first-order chi connectivity index (χ1) is 15.0. The topological polar surface area (TPSA) is 63.4 Å². The molecule has 4 nitrogen and oxygen atoms in total. The van der Waals surface area contributed by atoms with Gasteiger partial charge in [-0.15, -0.1) is 0 Å². The maximum absolute atomic E-state index is 13.0. The number of benzene rings is 3. The zero-order valence-electron chi connectivity index (χ0n) is 17.9. The molecule has 1 saturated heterocycles. The van der Waals surface area contributed by atoms with E-state index in [0.29, 0.717) is 32.4 Å². The molecule has 1 atom stereocenters. The molecule has 2 amide bonds. The maximum Gasteiger partial charge on any atom is 0.227 e. The van der Waals surface area contributed by atoms with Crippen molar-refractivity contribution in [2.75, 3.05) is 13.1 Å². The first kappa shape index (κ1) is 20.9. The van der Waals surface area contributed by atoms with E-state index in [0.717, 1.165) is 27.8 Å². The number of nitrogens with two attached hydrogens (primary N) is 1. The lowest BCUT2D eigenvalue weighted by atomic mass is 9.78. The highest BCUT2D eigenvalue weighted by atomic mass is 16.2. The van der Waals surface area contributed by atoms with Crippen molar-refractivity contribution in [3.05, 3.63) is 95.6 Å². The first-order valence-electron chi connectivity index (χ1n) is 10.7. The minimum absolute atomic E-state index is 0.0464. The van der Waals surface area contributed by atoms with Crippen LogP contribution in [-0.4, -0.2) is 29.8 Å². The van der Waals surface area contributed by atoms with Crippen molar-refractivity contribution >= 4 is 11.8 Å². The lowest BCUT2D eigenvalue weighted by Crippen LogP contribution is -2.42. The molecule has 1 heterocycles. The molecule has 4 rings (SSSR count). The summed E-state index contributed by atoms with van der Waals surface area (Å²) in [5.41, 5.74) is 10.6. The molecule has 3 aromatic rings. The molecule has 0 aliphatic carbocycles. The molecule has 1 fully saturated rings. The van der Waals surface area contributed by atoms with E-state index in [1.165, 1.54) is 0 Å². The van der Waals surface area contributed by atoms with Gasteiger partial charge in [-0.05, 0) is 42.0 Å². The Kier molecular flexibility index (Phi) is 5.90. The van der Waals surface area contributed by atoms with Gasteiger partial charge < -0.3 is 10.6 Å². The molecular weight excluding hydrogens is 384 g/mol. The number of rotatable bonds is 6. The summed E-state index contributed by atoms with van der Waals surface area (Å²) in [6.45, 7) is 2.95. The van der Waals surface area contributed by atoms with E-state index in [1.807, 2.05) is 61.5 Å². The van der Waals surface area contributed by atoms with Crippen molar-refractivity contribution in [1.29, 1.82) is 0 Å². The summed E-state index contributed by atoms with van der Waals surface area (Å²) in [4.78, 5) is 27.4. The molecule has 0 bridgehead atoms. The van der Waals surface area contributed by atoms with Crippen LogP contribution in [0.4, 0.5) is 0 Å². The third-order valence-corrected chi connectivity index (χ3v) is 6.30. The number of primary amides is 1. The second-order valence-electron chi connectivity index (χ2n) is 8.58. The predicted molar refractivity (Wildman–Crippen MR) is 123 cm³/mol. The van der Waals surface area contributed by atoms with Gasteiger partial charge in [0.2, 0.25) is 11.8 Å². The van der Waals surface area contributed by atoms with E-state index in [9.17, 15) is 9.59 Å². The van der Waals surface area contributed by atoms with Crippen molar-refractivity contribution in [2.45, 2.75) is 26.2 Å². The van der Waals surface area contributed by atoms with Crippen LogP contribution in [0.1, 0.15) is 23.1 Å². The summed E-state index contributed by atoms with van der Waals surface area (Å²) in [7, 11) is 0. The molecular formula is C27H28N2O2. The van der Waals surface area contributed by atoms with Gasteiger partial charge in [0.1, 0.15) is 0 Å². The smallest absolute Gasteiger partial charge is 0.227 e. The van der Waals surface area contributed by atoms with Crippen molar-refractivity contribution in [3.63, 3.8) is 0 Å². The van der Waals surface area contributed by atoms with Gasteiger partial charge in [0.15, 0.2) is 0 Å². The summed E-state index contributed by atoms with van der Waals surface area (Å²) in [5.74, 6) is -0.286. The Morgan fingerprint density at radius 2 is 1.71 bits per heavy atom. The van der Waals surface area contributed by atoms with Crippen LogP contribution in [0.5, 0.6) is 0 Å². The van der Waals surface area contributed by atoms with Crippen LogP contribution in [0.15, 0.2) is 78.9 Å². The lowest BCUT2D eigenvalue weighted by Gasteiger charge is -2.27. The standard InChI is InChI=1S/C27H28N2O2/c1-20-8-7-9-21(16-20)17-25(30)29-15-14-27(19-29,26(28)31)18-23-12-5-6-13-24(23)22-10-3-2-4-11-22/h2-13,16H,14-15,17-19H2,1H3,(H2,28,31). The van der Waals surface area contributed by atoms with Crippen molar-refractivity contribution < 1.29 is 9.59 Å². The van der Waals surface area contributed by atoms with Crippen molar-refractivity contribution in [2.24, 2.45) is 11.1 Å². The van der Waals surface area contributed by atoms with Crippen LogP contribution < -0.4 is 5.73 Å². The Hall–Kier alpha value is -3.40. The number of hydrogen-bond acceptors (Lipinski definition) is 2. The Balaban J connectivity index is 1.55. The van der Waals surface area contributed by atoms with Gasteiger partial charge in [0.25, 0.3) is 0 Å². The Morgan fingerprint density at radius 1 is 0.968 bits per heavy atom. The average Bonchev–Trinajstić information content (AvgIpc) is 3.21. The molecule has 0 saturated carbocycles. The van der Waals surface area contributed by atoms with Crippen molar-refractivity contribution in [1.82, 2.24) is 4.90 Å². The number of carbonyl (C=O) groups is 2. The number of likely N-dealkylation sites (tertiary alicyclic amines) is 1. The first-order valence-corrected chi connectivity index (χ1v) is 10.7. The van der Waals surface area contributed by atoms with E-state index in [-0.39, 0.29) is 11.8 Å². The van der Waals surface area contributed by atoms with Crippen LogP contribution in [0, 0.1) is 12.3 Å². The summed E-state index contributed by atoms with van der Waals surface area (Å²) in [5, 5.41) is 0. The van der Waals surface area contributed by atoms with Gasteiger partial charge in [-0.2, -0.15) is 0 Å². The molecule has 0 aromatic heterocycles. The Morgan fingerprint density at radius 3 is 2.45 bits per heavy atom. The van der Waals surface area contributed by atoms with E-state index in [2.05, 4.69) is 24.3 Å². The van der Waals surface area contributed by atoms with E-state index in [4.69, 9.17) is 5.73 Å². The molecule has 1 aliphatic rings. The molecule has 2 N–H and O–H groups in total. The Bertz CT molecular complexity index is 1090. The third kappa shape index (κ3) is 4.53. The lowest BCUT2D eigenvalue weighted by molar-refractivity contribution is -0.131. The highest BCUT2D eigenvalue weighted by Gasteiger charge is 2.45. The molecule has 158 valence electrons. The van der Waals surface area contributed by atoms with Crippen LogP contribution in [0.2, 0.25) is 0 Å².